The number of ether oxygens (including phenoxy) is 2. The molecule has 5 rings (SSSR count). The predicted octanol–water partition coefficient (Wildman–Crippen LogP) is 5.37. The Morgan fingerprint density at radius 1 is 0.854 bits per heavy atom. The van der Waals surface area contributed by atoms with Crippen LogP contribution >= 0.6 is 0 Å². The number of benzene rings is 3. The molecule has 7 nitrogen and oxygen atoms in total. The van der Waals surface area contributed by atoms with Crippen molar-refractivity contribution in [3.05, 3.63) is 95.7 Å². The summed E-state index contributed by atoms with van der Waals surface area (Å²) in [6.45, 7) is 10.4. The topological polar surface area (TPSA) is 59.0 Å². The van der Waals surface area contributed by atoms with E-state index in [0.29, 0.717) is 18.7 Å². The first kappa shape index (κ1) is 28.7. The van der Waals surface area contributed by atoms with Gasteiger partial charge in [0.25, 0.3) is 5.91 Å². The van der Waals surface area contributed by atoms with Gasteiger partial charge in [-0.3, -0.25) is 9.69 Å². The van der Waals surface area contributed by atoms with Gasteiger partial charge in [0, 0.05) is 44.3 Å². The van der Waals surface area contributed by atoms with Crippen LogP contribution in [0.15, 0.2) is 79.0 Å². The molecular weight excluding hydrogens is 512 g/mol. The largest absolute Gasteiger partial charge is 0.495 e. The molecule has 0 spiro atoms. The van der Waals surface area contributed by atoms with Crippen molar-refractivity contribution in [3.8, 4) is 11.5 Å². The molecule has 0 radical (unpaired) electrons. The molecule has 0 saturated carbocycles. The molecule has 41 heavy (non-hydrogen) atoms. The van der Waals surface area contributed by atoms with Gasteiger partial charge in [0.15, 0.2) is 0 Å². The van der Waals surface area contributed by atoms with Crippen molar-refractivity contribution < 1.29 is 14.3 Å². The van der Waals surface area contributed by atoms with Crippen molar-refractivity contribution in [2.45, 2.75) is 32.9 Å². The maximum atomic E-state index is 13.3. The van der Waals surface area contributed by atoms with Crippen LogP contribution in [-0.2, 0) is 13.1 Å². The minimum atomic E-state index is -0.0610. The zero-order valence-electron chi connectivity index (χ0n) is 24.4. The van der Waals surface area contributed by atoms with Crippen LogP contribution in [0.5, 0.6) is 11.5 Å². The number of carbonyl (C=O) groups is 1. The molecule has 1 aliphatic rings. The Labute approximate surface area is 243 Å². The lowest BCUT2D eigenvalue weighted by Gasteiger charge is -2.22. The van der Waals surface area contributed by atoms with Crippen LogP contribution in [0.3, 0.4) is 0 Å². The zero-order valence-corrected chi connectivity index (χ0v) is 24.4. The first-order valence-electron chi connectivity index (χ1n) is 14.7. The molecule has 1 aromatic heterocycles. The first-order chi connectivity index (χ1) is 20.1. The fourth-order valence-electron chi connectivity index (χ4n) is 5.67. The third kappa shape index (κ3) is 7.48. The molecule has 1 N–H and O–H groups in total. The highest BCUT2D eigenvalue weighted by Crippen LogP contribution is 2.30. The third-order valence-electron chi connectivity index (χ3n) is 8.00. The smallest absolute Gasteiger partial charge is 0.253 e. The van der Waals surface area contributed by atoms with Crippen LogP contribution in [0.1, 0.15) is 34.3 Å². The van der Waals surface area contributed by atoms with Crippen molar-refractivity contribution in [1.82, 2.24) is 19.7 Å². The second-order valence-electron chi connectivity index (χ2n) is 10.8. The average molecular weight is 555 g/mol. The van der Waals surface area contributed by atoms with Gasteiger partial charge in [-0.25, -0.2) is 0 Å². The number of aromatic nitrogens is 1. The number of hydrogen-bond acceptors (Lipinski definition) is 5. The Bertz CT molecular complexity index is 1420. The van der Waals surface area contributed by atoms with Crippen molar-refractivity contribution in [1.29, 1.82) is 0 Å². The maximum absolute atomic E-state index is 13.3. The van der Waals surface area contributed by atoms with E-state index in [2.05, 4.69) is 38.7 Å². The van der Waals surface area contributed by atoms with Crippen LogP contribution in [0.4, 0.5) is 0 Å². The van der Waals surface area contributed by atoms with Gasteiger partial charge in [-0.05, 0) is 68.7 Å². The van der Waals surface area contributed by atoms with Crippen molar-refractivity contribution in [3.63, 3.8) is 0 Å². The fraction of sp³-hybridized carbons (Fsp3) is 0.382. The monoisotopic (exact) mass is 554 g/mol. The molecule has 1 aliphatic heterocycles. The van der Waals surface area contributed by atoms with Gasteiger partial charge < -0.3 is 24.3 Å². The summed E-state index contributed by atoms with van der Waals surface area (Å²) < 4.78 is 13.8. The SMILES string of the molecule is COc1cccc2c(C(=O)NCc3ccccc3C)cn(CCCN3CCCN(CCOc4ccccc4)CC3)c12. The summed E-state index contributed by atoms with van der Waals surface area (Å²) in [5.74, 6) is 1.67. The molecule has 0 unspecified atom stereocenters. The van der Waals surface area contributed by atoms with E-state index in [-0.39, 0.29) is 5.91 Å². The third-order valence-corrected chi connectivity index (χ3v) is 8.00. The number of nitrogens with one attached hydrogen (secondary N) is 1. The number of hydrogen-bond donors (Lipinski definition) is 1. The first-order valence-corrected chi connectivity index (χ1v) is 14.7. The summed E-state index contributed by atoms with van der Waals surface area (Å²) in [5, 5.41) is 4.05. The van der Waals surface area contributed by atoms with E-state index in [0.717, 1.165) is 86.6 Å². The summed E-state index contributed by atoms with van der Waals surface area (Å²) in [7, 11) is 1.69. The molecule has 7 heteroatoms. The van der Waals surface area contributed by atoms with Gasteiger partial charge in [0.1, 0.15) is 18.1 Å². The zero-order chi connectivity index (χ0) is 28.4. The Hall–Kier alpha value is -3.81. The molecule has 1 amide bonds. The summed E-state index contributed by atoms with van der Waals surface area (Å²) >= 11 is 0. The number of fused-ring (bicyclic) bond motifs is 1. The molecule has 1 saturated heterocycles. The lowest BCUT2D eigenvalue weighted by atomic mass is 10.1. The van der Waals surface area contributed by atoms with Crippen LogP contribution in [0.2, 0.25) is 0 Å². The minimum Gasteiger partial charge on any atom is -0.495 e. The standard InChI is InChI=1S/C34H42N4O3/c1-27-11-6-7-12-28(27)25-35-34(39)31-26-38(33-30(31)15-8-16-32(33)40-2)20-10-19-36-17-9-18-37(22-21-36)23-24-41-29-13-4-3-5-14-29/h3-8,11-16,26H,9-10,17-25H2,1-2H3,(H,35,39). The van der Waals surface area contributed by atoms with E-state index in [9.17, 15) is 4.79 Å². The van der Waals surface area contributed by atoms with E-state index < -0.39 is 0 Å². The summed E-state index contributed by atoms with van der Waals surface area (Å²) in [5.41, 5.74) is 3.98. The van der Waals surface area contributed by atoms with Gasteiger partial charge in [0.2, 0.25) is 0 Å². The normalized spacial score (nSPS) is 14.6. The Balaban J connectivity index is 1.16. The summed E-state index contributed by atoms with van der Waals surface area (Å²) in [4.78, 5) is 18.4. The molecule has 0 aliphatic carbocycles. The van der Waals surface area contributed by atoms with E-state index in [1.165, 1.54) is 5.56 Å². The number of aryl methyl sites for hydroxylation is 2. The molecular formula is C34H42N4O3. The van der Waals surface area contributed by atoms with Crippen molar-refractivity contribution >= 4 is 16.8 Å². The van der Waals surface area contributed by atoms with Crippen LogP contribution < -0.4 is 14.8 Å². The fourth-order valence-corrected chi connectivity index (χ4v) is 5.67. The van der Waals surface area contributed by atoms with Crippen molar-refractivity contribution in [2.24, 2.45) is 0 Å². The van der Waals surface area contributed by atoms with Gasteiger partial charge in [-0.1, -0.05) is 54.6 Å². The predicted molar refractivity (Wildman–Crippen MR) is 165 cm³/mol. The number of nitrogens with zero attached hydrogens (tertiary/aromatic N) is 3. The molecule has 1 fully saturated rings. The number of amides is 1. The molecule has 0 bridgehead atoms. The van der Waals surface area contributed by atoms with Gasteiger partial charge in [-0.2, -0.15) is 0 Å². The number of para-hydroxylation sites is 2. The maximum Gasteiger partial charge on any atom is 0.253 e. The quantitative estimate of drug-likeness (QED) is 0.255. The molecule has 2 heterocycles. The van der Waals surface area contributed by atoms with Crippen LogP contribution in [-0.4, -0.2) is 73.3 Å². The number of rotatable bonds is 12. The highest BCUT2D eigenvalue weighted by Gasteiger charge is 2.19. The minimum absolute atomic E-state index is 0.0610. The van der Waals surface area contributed by atoms with Crippen molar-refractivity contribution in [2.75, 3.05) is 53.0 Å². The highest BCUT2D eigenvalue weighted by molar-refractivity contribution is 6.08. The second-order valence-corrected chi connectivity index (χ2v) is 10.8. The van der Waals surface area contributed by atoms with Crippen LogP contribution in [0, 0.1) is 6.92 Å². The lowest BCUT2D eigenvalue weighted by molar-refractivity contribution is 0.0952. The Morgan fingerprint density at radius 3 is 2.39 bits per heavy atom. The summed E-state index contributed by atoms with van der Waals surface area (Å²) in [6, 6.07) is 24.1. The second kappa shape index (κ2) is 14.2. The Morgan fingerprint density at radius 2 is 1.61 bits per heavy atom. The molecule has 4 aromatic rings. The highest BCUT2D eigenvalue weighted by atomic mass is 16.5. The Kier molecular flexibility index (Phi) is 9.94. The molecule has 3 aromatic carbocycles. The summed E-state index contributed by atoms with van der Waals surface area (Å²) in [6.07, 6.45) is 4.16. The van der Waals surface area contributed by atoms with Gasteiger partial charge in [0.05, 0.1) is 18.2 Å². The average Bonchev–Trinajstić information content (AvgIpc) is 3.22. The molecule has 216 valence electrons. The lowest BCUT2D eigenvalue weighted by Crippen LogP contribution is -2.33. The van der Waals surface area contributed by atoms with Gasteiger partial charge >= 0.3 is 0 Å². The number of carbonyl (C=O) groups excluding carboxylic acids is 1. The van der Waals surface area contributed by atoms with Crippen LogP contribution in [0.25, 0.3) is 10.9 Å². The van der Waals surface area contributed by atoms with E-state index in [1.807, 2.05) is 66.9 Å². The van der Waals surface area contributed by atoms with E-state index >= 15 is 0 Å². The van der Waals surface area contributed by atoms with E-state index in [4.69, 9.17) is 9.47 Å². The molecule has 0 atom stereocenters. The van der Waals surface area contributed by atoms with E-state index in [1.54, 1.807) is 7.11 Å². The van der Waals surface area contributed by atoms with Gasteiger partial charge in [-0.15, -0.1) is 0 Å². The number of methoxy groups -OCH3 is 1.